The average Bonchev–Trinajstić information content (AvgIpc) is 3.21. The van der Waals surface area contributed by atoms with E-state index in [0.29, 0.717) is 18.8 Å². The van der Waals surface area contributed by atoms with Gasteiger partial charge in [0.1, 0.15) is 28.9 Å². The number of aryl methyl sites for hydroxylation is 1. The number of aromatic nitrogens is 2. The molecule has 0 spiro atoms. The number of benzene rings is 1. The van der Waals surface area contributed by atoms with Crippen LogP contribution >= 0.6 is 0 Å². The van der Waals surface area contributed by atoms with Gasteiger partial charge in [-0.3, -0.25) is 4.79 Å². The van der Waals surface area contributed by atoms with Gasteiger partial charge in [0.15, 0.2) is 0 Å². The molecule has 1 aliphatic rings. The third kappa shape index (κ3) is 3.47. The Hall–Kier alpha value is -3.02. The zero-order chi connectivity index (χ0) is 19.0. The Balaban J connectivity index is 1.53. The fourth-order valence-corrected chi connectivity index (χ4v) is 3.37. The highest BCUT2D eigenvalue weighted by Gasteiger charge is 2.22. The molecule has 4 rings (SSSR count). The van der Waals surface area contributed by atoms with Gasteiger partial charge in [-0.2, -0.15) is 0 Å². The van der Waals surface area contributed by atoms with E-state index < -0.39 is 0 Å². The van der Waals surface area contributed by atoms with Crippen LogP contribution in [0.1, 0.15) is 41.0 Å². The molecule has 1 unspecified atom stereocenters. The molecule has 6 nitrogen and oxygen atoms in total. The first-order valence-electron chi connectivity index (χ1n) is 9.22. The van der Waals surface area contributed by atoms with Crippen LogP contribution in [-0.4, -0.2) is 28.0 Å². The lowest BCUT2D eigenvalue weighted by Crippen LogP contribution is -2.23. The van der Waals surface area contributed by atoms with Crippen molar-refractivity contribution >= 4 is 11.6 Å². The van der Waals surface area contributed by atoms with Gasteiger partial charge < -0.3 is 19.2 Å². The van der Waals surface area contributed by atoms with Crippen molar-refractivity contribution in [3.05, 3.63) is 59.0 Å². The van der Waals surface area contributed by atoms with E-state index in [-0.39, 0.29) is 12.0 Å². The smallest absolute Gasteiger partial charge is 0.271 e. The molecule has 27 heavy (non-hydrogen) atoms. The van der Waals surface area contributed by atoms with Gasteiger partial charge in [-0.05, 0) is 50.6 Å². The number of hydrogen-bond acceptors (Lipinski definition) is 4. The number of rotatable bonds is 5. The number of hydrogen-bond donors (Lipinski definition) is 1. The number of ether oxygens (including phenoxy) is 2. The Labute approximate surface area is 158 Å². The minimum atomic E-state index is -0.214. The first kappa shape index (κ1) is 17.4. The Morgan fingerprint density at radius 2 is 2.26 bits per heavy atom. The highest BCUT2D eigenvalue weighted by Crippen LogP contribution is 2.35. The largest absolute Gasteiger partial charge is 0.494 e. The average molecular weight is 365 g/mol. The van der Waals surface area contributed by atoms with Gasteiger partial charge in [-0.15, -0.1) is 0 Å². The summed E-state index contributed by atoms with van der Waals surface area (Å²) in [5.74, 6) is 1.45. The van der Waals surface area contributed by atoms with E-state index in [9.17, 15) is 4.79 Å². The van der Waals surface area contributed by atoms with Crippen LogP contribution in [0.25, 0.3) is 5.65 Å². The molecule has 3 aromatic rings. The molecule has 0 radical (unpaired) electrons. The van der Waals surface area contributed by atoms with E-state index in [2.05, 4.69) is 10.3 Å². The first-order chi connectivity index (χ1) is 13.0. The molecule has 1 atom stereocenters. The van der Waals surface area contributed by atoms with Crippen LogP contribution in [0.15, 0.2) is 36.7 Å². The van der Waals surface area contributed by atoms with Crippen LogP contribution in [0.5, 0.6) is 11.5 Å². The molecule has 0 saturated heterocycles. The van der Waals surface area contributed by atoms with Crippen molar-refractivity contribution in [1.82, 2.24) is 14.7 Å². The quantitative estimate of drug-likeness (QED) is 0.753. The van der Waals surface area contributed by atoms with E-state index in [1.54, 1.807) is 6.20 Å². The van der Waals surface area contributed by atoms with E-state index >= 15 is 0 Å². The topological polar surface area (TPSA) is 64.9 Å². The molecule has 0 saturated carbocycles. The number of nitrogens with one attached hydrogen (secondary N) is 1. The molecule has 1 amide bonds. The lowest BCUT2D eigenvalue weighted by Gasteiger charge is -2.13. The van der Waals surface area contributed by atoms with Crippen molar-refractivity contribution in [3.8, 4) is 11.5 Å². The minimum Gasteiger partial charge on any atom is -0.494 e. The SMILES string of the molecule is CCOc1cc2c(cc1CNC(=O)c1cn3ccc(C)cc3n1)OC(C)C2. The summed E-state index contributed by atoms with van der Waals surface area (Å²) < 4.78 is 13.5. The second-order valence-electron chi connectivity index (χ2n) is 6.91. The van der Waals surface area contributed by atoms with E-state index in [4.69, 9.17) is 9.47 Å². The second-order valence-corrected chi connectivity index (χ2v) is 6.91. The maximum atomic E-state index is 12.6. The van der Waals surface area contributed by atoms with Gasteiger partial charge in [-0.25, -0.2) is 4.98 Å². The molecule has 6 heteroatoms. The summed E-state index contributed by atoms with van der Waals surface area (Å²) in [7, 11) is 0. The van der Waals surface area contributed by atoms with Gasteiger partial charge in [0.2, 0.25) is 0 Å². The lowest BCUT2D eigenvalue weighted by atomic mass is 10.1. The second kappa shape index (κ2) is 6.95. The maximum Gasteiger partial charge on any atom is 0.271 e. The number of imidazole rings is 1. The summed E-state index contributed by atoms with van der Waals surface area (Å²) in [6.07, 6.45) is 4.69. The van der Waals surface area contributed by atoms with E-state index in [0.717, 1.165) is 40.3 Å². The summed E-state index contributed by atoms with van der Waals surface area (Å²) in [5, 5.41) is 2.94. The van der Waals surface area contributed by atoms with Gasteiger partial charge in [0.25, 0.3) is 5.91 Å². The van der Waals surface area contributed by atoms with E-state index in [1.165, 1.54) is 0 Å². The normalized spacial score (nSPS) is 15.4. The predicted octanol–water partition coefficient (Wildman–Crippen LogP) is 3.29. The Bertz CT molecular complexity index is 1010. The van der Waals surface area contributed by atoms with Crippen LogP contribution in [-0.2, 0) is 13.0 Å². The summed E-state index contributed by atoms with van der Waals surface area (Å²) in [6, 6.07) is 7.92. The van der Waals surface area contributed by atoms with Gasteiger partial charge in [0, 0.05) is 36.5 Å². The van der Waals surface area contributed by atoms with Crippen molar-refractivity contribution in [3.63, 3.8) is 0 Å². The highest BCUT2D eigenvalue weighted by molar-refractivity contribution is 5.92. The molecule has 1 N–H and O–H groups in total. The third-order valence-electron chi connectivity index (χ3n) is 4.67. The summed E-state index contributed by atoms with van der Waals surface area (Å²) in [5.41, 5.74) is 4.31. The highest BCUT2D eigenvalue weighted by atomic mass is 16.5. The van der Waals surface area contributed by atoms with E-state index in [1.807, 2.05) is 55.6 Å². The summed E-state index contributed by atoms with van der Waals surface area (Å²) in [4.78, 5) is 17.0. The molecular weight excluding hydrogens is 342 g/mol. The molecule has 2 aromatic heterocycles. The number of carbonyl (C=O) groups excluding carboxylic acids is 1. The van der Waals surface area contributed by atoms with Crippen LogP contribution in [0.3, 0.4) is 0 Å². The lowest BCUT2D eigenvalue weighted by molar-refractivity contribution is 0.0946. The third-order valence-corrected chi connectivity index (χ3v) is 4.67. The van der Waals surface area contributed by atoms with Crippen molar-refractivity contribution in [2.24, 2.45) is 0 Å². The zero-order valence-corrected chi connectivity index (χ0v) is 15.8. The molecular formula is C21H23N3O3. The predicted molar refractivity (Wildman–Crippen MR) is 103 cm³/mol. The number of pyridine rings is 1. The molecule has 0 aliphatic carbocycles. The molecule has 1 aromatic carbocycles. The van der Waals surface area contributed by atoms with Crippen LogP contribution in [0.2, 0.25) is 0 Å². The van der Waals surface area contributed by atoms with Crippen molar-refractivity contribution in [1.29, 1.82) is 0 Å². The van der Waals surface area contributed by atoms with Crippen molar-refractivity contribution in [2.45, 2.75) is 39.8 Å². The summed E-state index contributed by atoms with van der Waals surface area (Å²) >= 11 is 0. The summed E-state index contributed by atoms with van der Waals surface area (Å²) in [6.45, 7) is 6.93. The van der Waals surface area contributed by atoms with Gasteiger partial charge in [-0.1, -0.05) is 0 Å². The van der Waals surface area contributed by atoms with Gasteiger partial charge in [0.05, 0.1) is 6.61 Å². The number of nitrogens with zero attached hydrogens (tertiary/aromatic N) is 2. The first-order valence-corrected chi connectivity index (χ1v) is 9.22. The maximum absolute atomic E-state index is 12.6. The minimum absolute atomic E-state index is 0.167. The number of fused-ring (bicyclic) bond motifs is 2. The monoisotopic (exact) mass is 365 g/mol. The van der Waals surface area contributed by atoms with Crippen molar-refractivity contribution in [2.75, 3.05) is 6.61 Å². The van der Waals surface area contributed by atoms with Crippen LogP contribution < -0.4 is 14.8 Å². The van der Waals surface area contributed by atoms with Gasteiger partial charge >= 0.3 is 0 Å². The molecule has 1 aliphatic heterocycles. The van der Waals surface area contributed by atoms with Crippen LogP contribution in [0, 0.1) is 6.92 Å². The fraction of sp³-hybridized carbons (Fsp3) is 0.333. The Kier molecular flexibility index (Phi) is 4.48. The number of carbonyl (C=O) groups is 1. The standard InChI is InChI=1S/C21H23N3O3/c1-4-26-18-9-15-8-14(3)27-19(15)10-16(18)11-22-21(25)17-12-24-6-5-13(2)7-20(24)23-17/h5-7,9-10,12,14H,4,8,11H2,1-3H3,(H,22,25). The van der Waals surface area contributed by atoms with Crippen molar-refractivity contribution < 1.29 is 14.3 Å². The molecule has 140 valence electrons. The fourth-order valence-electron chi connectivity index (χ4n) is 3.37. The Morgan fingerprint density at radius 3 is 3.07 bits per heavy atom. The van der Waals surface area contributed by atoms with Crippen LogP contribution in [0.4, 0.5) is 0 Å². The molecule has 0 bridgehead atoms. The number of amides is 1. The molecule has 0 fully saturated rings. The molecule has 3 heterocycles. The zero-order valence-electron chi connectivity index (χ0n) is 15.8. The Morgan fingerprint density at radius 1 is 1.41 bits per heavy atom.